The Morgan fingerprint density at radius 2 is 0.550 bits per heavy atom. The van der Waals surface area contributed by atoms with Gasteiger partial charge >= 0.3 is 17.1 Å². The van der Waals surface area contributed by atoms with Crippen molar-refractivity contribution in [2.75, 3.05) is 0 Å². The van der Waals surface area contributed by atoms with Gasteiger partial charge < -0.3 is 13.7 Å². The molecule has 0 heterocycles. The number of rotatable bonds is 3. The van der Waals surface area contributed by atoms with Gasteiger partial charge in [-0.2, -0.15) is 0 Å². The van der Waals surface area contributed by atoms with E-state index in [0.717, 1.165) is 33.4 Å². The summed E-state index contributed by atoms with van der Waals surface area (Å²) in [5, 5.41) is 0. The molecule has 0 saturated carbocycles. The summed E-state index contributed by atoms with van der Waals surface area (Å²) in [6, 6.07) is 9.02. The zero-order chi connectivity index (χ0) is 30.7. The van der Waals surface area contributed by atoms with Gasteiger partial charge in [-0.3, -0.25) is 0 Å². The Labute approximate surface area is 248 Å². The van der Waals surface area contributed by atoms with Crippen molar-refractivity contribution >= 4 is 30.4 Å². The molecule has 0 bridgehead atoms. The molecule has 3 rings (SSSR count). The van der Waals surface area contributed by atoms with Crippen LogP contribution in [0.3, 0.4) is 0 Å². The summed E-state index contributed by atoms with van der Waals surface area (Å²) in [4.78, 5) is -0.346. The predicted molar refractivity (Wildman–Crippen MR) is 146 cm³/mol. The summed E-state index contributed by atoms with van der Waals surface area (Å²) in [7, 11) is -13.0. The van der Waals surface area contributed by atoms with Crippen LogP contribution in [0, 0.1) is 62.3 Å². The van der Waals surface area contributed by atoms with E-state index < -0.39 is 30.4 Å². The van der Waals surface area contributed by atoms with Gasteiger partial charge in [-0.05, 0) is 131 Å². The molecular formula is C27H33FeO9S3. The Morgan fingerprint density at radius 3 is 0.700 bits per heavy atom. The fourth-order valence-electron chi connectivity index (χ4n) is 3.61. The fraction of sp³-hybridized carbons (Fsp3) is 0.333. The van der Waals surface area contributed by atoms with Crippen LogP contribution in [-0.2, 0) is 47.4 Å². The smallest absolute Gasteiger partial charge is 0.744 e. The van der Waals surface area contributed by atoms with Gasteiger partial charge in [-0.1, -0.05) is 18.2 Å². The summed E-state index contributed by atoms with van der Waals surface area (Å²) >= 11 is 0. The summed E-state index contributed by atoms with van der Waals surface area (Å²) in [5.41, 5.74) is 7.20. The maximum Gasteiger partial charge on any atom is 3.00 e. The zero-order valence-electron chi connectivity index (χ0n) is 23.7. The Hall–Kier alpha value is -2.09. The summed E-state index contributed by atoms with van der Waals surface area (Å²) < 4.78 is 96.9. The first kappa shape index (κ1) is 37.9. The molecule has 0 atom stereocenters. The van der Waals surface area contributed by atoms with E-state index in [4.69, 9.17) is 0 Å². The molecule has 0 aromatic heterocycles. The second-order valence-electron chi connectivity index (χ2n) is 9.25. The molecule has 9 nitrogen and oxygen atoms in total. The minimum absolute atomic E-state index is 0. The van der Waals surface area contributed by atoms with Crippen molar-refractivity contribution in [3.8, 4) is 0 Å². The van der Waals surface area contributed by atoms with Crippen molar-refractivity contribution < 1.29 is 56.0 Å². The molecule has 0 aliphatic carbocycles. The molecule has 0 N–H and O–H groups in total. The molecule has 3 aromatic rings. The van der Waals surface area contributed by atoms with Crippen LogP contribution in [0.15, 0.2) is 51.1 Å². The third-order valence-corrected chi connectivity index (χ3v) is 9.78. The van der Waals surface area contributed by atoms with Gasteiger partial charge in [-0.15, -0.1) is 0 Å². The minimum Gasteiger partial charge on any atom is -0.744 e. The molecule has 0 unspecified atom stereocenters. The van der Waals surface area contributed by atoms with Crippen LogP contribution in [0.2, 0.25) is 0 Å². The fourth-order valence-corrected chi connectivity index (χ4v) is 5.89. The van der Waals surface area contributed by atoms with E-state index in [1.165, 1.54) is 18.2 Å². The zero-order valence-corrected chi connectivity index (χ0v) is 27.3. The van der Waals surface area contributed by atoms with E-state index in [-0.39, 0.29) is 31.8 Å². The van der Waals surface area contributed by atoms with Crippen LogP contribution in [0.5, 0.6) is 0 Å². The van der Waals surface area contributed by atoms with Crippen LogP contribution in [0.4, 0.5) is 0 Å². The topological polar surface area (TPSA) is 172 Å². The molecule has 40 heavy (non-hydrogen) atoms. The van der Waals surface area contributed by atoms with Crippen LogP contribution >= 0.6 is 0 Å². The Morgan fingerprint density at radius 1 is 0.375 bits per heavy atom. The molecule has 221 valence electrons. The van der Waals surface area contributed by atoms with E-state index in [1.54, 1.807) is 59.7 Å². The number of aryl methyl sites for hydroxylation is 3. The average Bonchev–Trinajstić information content (AvgIpc) is 2.78. The van der Waals surface area contributed by atoms with Crippen molar-refractivity contribution in [2.24, 2.45) is 0 Å². The molecule has 0 aliphatic rings. The molecule has 13 heteroatoms. The third kappa shape index (κ3) is 9.78. The van der Waals surface area contributed by atoms with Crippen molar-refractivity contribution in [1.29, 1.82) is 0 Å². The Bertz CT molecular complexity index is 1510. The molecule has 0 fully saturated rings. The van der Waals surface area contributed by atoms with Crippen molar-refractivity contribution in [3.05, 3.63) is 86.5 Å². The standard InChI is InChI=1S/3C9H12O3S.Fe/c3*1-6-4-5-9(13(10,11)12)8(3)7(6)2;/h3*4-5H,1-3H3,(H,10,11,12);/q;;;+3/p-3. The monoisotopic (exact) mass is 653 g/mol. The molecule has 0 aliphatic heterocycles. The summed E-state index contributed by atoms with van der Waals surface area (Å²) in [6.07, 6.45) is 0. The Balaban J connectivity index is 0.000000563. The molecule has 0 spiro atoms. The van der Waals surface area contributed by atoms with Crippen LogP contribution < -0.4 is 0 Å². The SMILES string of the molecule is Cc1ccc(S(=O)(=O)[O-])c(C)c1C.Cc1ccc(S(=O)(=O)[O-])c(C)c1C.Cc1ccc(S(=O)(=O)[O-])c(C)c1C.[Fe+3]. The van der Waals surface area contributed by atoms with Crippen LogP contribution in [-0.4, -0.2) is 38.9 Å². The number of hydrogen-bond donors (Lipinski definition) is 0. The van der Waals surface area contributed by atoms with Gasteiger partial charge in [-0.25, -0.2) is 25.3 Å². The van der Waals surface area contributed by atoms with E-state index in [1.807, 2.05) is 20.8 Å². The first-order chi connectivity index (χ1) is 17.5. The van der Waals surface area contributed by atoms with E-state index in [0.29, 0.717) is 16.7 Å². The van der Waals surface area contributed by atoms with Crippen LogP contribution in [0.1, 0.15) is 50.1 Å². The van der Waals surface area contributed by atoms with E-state index >= 15 is 0 Å². The second-order valence-corrected chi connectivity index (χ2v) is 13.3. The maximum absolute atomic E-state index is 10.8. The number of hydrogen-bond acceptors (Lipinski definition) is 9. The Kier molecular flexibility index (Phi) is 13.5. The molecule has 1 radical (unpaired) electrons. The molecule has 0 saturated heterocycles. The predicted octanol–water partition coefficient (Wildman–Crippen LogP) is 4.55. The largest absolute Gasteiger partial charge is 3.00 e. The van der Waals surface area contributed by atoms with Gasteiger partial charge in [0.15, 0.2) is 0 Å². The number of benzene rings is 3. The van der Waals surface area contributed by atoms with Crippen molar-refractivity contribution in [1.82, 2.24) is 0 Å². The quantitative estimate of drug-likeness (QED) is 0.291. The normalized spacial score (nSPS) is 11.4. The first-order valence-electron chi connectivity index (χ1n) is 11.6. The molecule has 0 amide bonds. The maximum atomic E-state index is 10.8. The third-order valence-electron chi connectivity index (χ3n) is 6.83. The van der Waals surface area contributed by atoms with Gasteiger partial charge in [0.25, 0.3) is 0 Å². The van der Waals surface area contributed by atoms with Crippen molar-refractivity contribution in [3.63, 3.8) is 0 Å². The van der Waals surface area contributed by atoms with Crippen molar-refractivity contribution in [2.45, 2.75) is 77.0 Å². The van der Waals surface area contributed by atoms with Gasteiger partial charge in [0, 0.05) is 0 Å². The molecular weight excluding hydrogens is 620 g/mol. The van der Waals surface area contributed by atoms with Gasteiger partial charge in [0.2, 0.25) is 0 Å². The second kappa shape index (κ2) is 14.2. The molecule has 3 aromatic carbocycles. The van der Waals surface area contributed by atoms with Gasteiger partial charge in [0.05, 0.1) is 14.7 Å². The van der Waals surface area contributed by atoms with Gasteiger partial charge in [0.1, 0.15) is 30.4 Å². The van der Waals surface area contributed by atoms with E-state index in [9.17, 15) is 38.9 Å². The summed E-state index contributed by atoms with van der Waals surface area (Å²) in [6.45, 7) is 16.0. The minimum atomic E-state index is -4.32. The average molecular weight is 654 g/mol. The van der Waals surface area contributed by atoms with E-state index in [2.05, 4.69) is 0 Å². The van der Waals surface area contributed by atoms with Crippen LogP contribution in [0.25, 0.3) is 0 Å². The first-order valence-corrected chi connectivity index (χ1v) is 15.8. The summed E-state index contributed by atoms with van der Waals surface area (Å²) in [5.74, 6) is 0.